The van der Waals surface area contributed by atoms with Crippen molar-refractivity contribution in [1.29, 1.82) is 0 Å². The molecule has 188 valence electrons. The second-order valence-corrected chi connectivity index (χ2v) is 12.4. The Hall–Kier alpha value is -2.72. The molecule has 3 aromatic rings. The van der Waals surface area contributed by atoms with Crippen LogP contribution in [0.4, 0.5) is 5.69 Å². The molecule has 1 aliphatic heterocycles. The van der Waals surface area contributed by atoms with E-state index in [4.69, 9.17) is 28.2 Å². The fourth-order valence-corrected chi connectivity index (χ4v) is 6.51. The van der Waals surface area contributed by atoms with Gasteiger partial charge in [-0.05, 0) is 36.2 Å². The van der Waals surface area contributed by atoms with Gasteiger partial charge in [0.2, 0.25) is 0 Å². The minimum absolute atomic E-state index is 0.0950. The summed E-state index contributed by atoms with van der Waals surface area (Å²) >= 11 is 13.0. The second kappa shape index (κ2) is 10.7. The van der Waals surface area contributed by atoms with Gasteiger partial charge < -0.3 is 4.90 Å². The Balaban J connectivity index is 1.77. The number of hydrogen-bond donors (Lipinski definition) is 1. The van der Waals surface area contributed by atoms with Crippen molar-refractivity contribution in [2.45, 2.75) is 30.5 Å². The van der Waals surface area contributed by atoms with E-state index in [2.05, 4.69) is 0 Å². The number of benzene rings is 2. The highest BCUT2D eigenvalue weighted by Gasteiger charge is 2.36. The number of rotatable bonds is 7. The van der Waals surface area contributed by atoms with Gasteiger partial charge in [-0.15, -0.1) is 11.3 Å². The highest BCUT2D eigenvalue weighted by Crippen LogP contribution is 2.33. The molecular formula is C25H23Cl2N3O4S2. The van der Waals surface area contributed by atoms with Crippen LogP contribution in [0.1, 0.15) is 31.4 Å². The number of aliphatic imine (C=N–C) groups is 1. The van der Waals surface area contributed by atoms with Crippen molar-refractivity contribution in [2.75, 3.05) is 11.4 Å². The summed E-state index contributed by atoms with van der Waals surface area (Å²) in [6.07, 6.45) is 0.673. The van der Waals surface area contributed by atoms with E-state index in [0.29, 0.717) is 28.4 Å². The Morgan fingerprint density at radius 2 is 1.86 bits per heavy atom. The number of amides is 2. The summed E-state index contributed by atoms with van der Waals surface area (Å²) in [6.45, 7) is 3.36. The van der Waals surface area contributed by atoms with E-state index in [1.807, 2.05) is 48.9 Å². The smallest absolute Gasteiger partial charge is 0.273 e. The lowest BCUT2D eigenvalue weighted by Crippen LogP contribution is -2.47. The zero-order valence-electron chi connectivity index (χ0n) is 19.4. The molecule has 0 radical (unpaired) electrons. The lowest BCUT2D eigenvalue weighted by molar-refractivity contribution is -0.124. The van der Waals surface area contributed by atoms with Gasteiger partial charge in [0.1, 0.15) is 16.8 Å². The third-order valence-electron chi connectivity index (χ3n) is 5.89. The van der Waals surface area contributed by atoms with Crippen LogP contribution < -0.4 is 9.62 Å². The number of halogens is 2. The van der Waals surface area contributed by atoms with Crippen LogP contribution in [0.15, 0.2) is 69.9 Å². The summed E-state index contributed by atoms with van der Waals surface area (Å²) in [5.41, 5.74) is 2.37. The van der Waals surface area contributed by atoms with Gasteiger partial charge in [-0.25, -0.2) is 13.1 Å². The van der Waals surface area contributed by atoms with E-state index in [-0.39, 0.29) is 14.5 Å². The average molecular weight is 565 g/mol. The van der Waals surface area contributed by atoms with Gasteiger partial charge in [0.25, 0.3) is 21.8 Å². The molecule has 0 saturated heterocycles. The molecule has 2 aromatic carbocycles. The van der Waals surface area contributed by atoms with Gasteiger partial charge in [-0.1, -0.05) is 73.8 Å². The molecule has 36 heavy (non-hydrogen) atoms. The third kappa shape index (κ3) is 5.49. The average Bonchev–Trinajstić information content (AvgIpc) is 3.26. The maximum absolute atomic E-state index is 13.8. The summed E-state index contributed by atoms with van der Waals surface area (Å²) < 4.78 is 27.6. The number of nitrogens with zero attached hydrogens (tertiary/aromatic N) is 2. The first-order chi connectivity index (χ1) is 17.1. The SMILES string of the molecule is CC[C@H](C)C1N=C(c2ccccc2)c2cc(Cl)ccc2N(CC(=O)NS(=O)(=O)c2ccc(Cl)s2)C1=O. The summed E-state index contributed by atoms with van der Waals surface area (Å²) in [4.78, 5) is 32.9. The Morgan fingerprint density at radius 3 is 2.50 bits per heavy atom. The molecule has 2 heterocycles. The zero-order valence-corrected chi connectivity index (χ0v) is 22.6. The molecule has 1 aromatic heterocycles. The number of nitrogens with one attached hydrogen (secondary N) is 1. The van der Waals surface area contributed by atoms with Crippen LogP contribution in [0.25, 0.3) is 0 Å². The molecule has 0 saturated carbocycles. The number of sulfonamides is 1. The van der Waals surface area contributed by atoms with E-state index < -0.39 is 34.4 Å². The fraction of sp³-hybridized carbons (Fsp3) is 0.240. The minimum atomic E-state index is -4.14. The summed E-state index contributed by atoms with van der Waals surface area (Å²) in [6, 6.07) is 16.4. The molecule has 7 nitrogen and oxygen atoms in total. The number of carbonyl (C=O) groups excluding carboxylic acids is 2. The van der Waals surface area contributed by atoms with Crippen LogP contribution in [0.5, 0.6) is 0 Å². The number of hydrogen-bond acceptors (Lipinski definition) is 6. The van der Waals surface area contributed by atoms with Crippen molar-refractivity contribution < 1.29 is 18.0 Å². The molecule has 4 rings (SSSR count). The predicted molar refractivity (Wildman–Crippen MR) is 144 cm³/mol. The molecule has 0 aliphatic carbocycles. The Labute approximate surface area is 223 Å². The van der Waals surface area contributed by atoms with Crippen LogP contribution >= 0.6 is 34.5 Å². The molecule has 2 atom stereocenters. The lowest BCUT2D eigenvalue weighted by Gasteiger charge is -2.26. The molecular weight excluding hydrogens is 541 g/mol. The summed E-state index contributed by atoms with van der Waals surface area (Å²) in [5.74, 6) is -1.39. The number of fused-ring (bicyclic) bond motifs is 1. The normalized spacial score (nSPS) is 16.7. The number of anilines is 1. The van der Waals surface area contributed by atoms with Crippen molar-refractivity contribution in [3.63, 3.8) is 0 Å². The van der Waals surface area contributed by atoms with Crippen molar-refractivity contribution in [2.24, 2.45) is 10.9 Å². The number of thiophene rings is 1. The molecule has 0 fully saturated rings. The minimum Gasteiger partial charge on any atom is -0.300 e. The Morgan fingerprint density at radius 1 is 1.14 bits per heavy atom. The van der Waals surface area contributed by atoms with E-state index >= 15 is 0 Å². The van der Waals surface area contributed by atoms with Crippen LogP contribution in [0, 0.1) is 5.92 Å². The fourth-order valence-electron chi connectivity index (χ4n) is 3.88. The van der Waals surface area contributed by atoms with Crippen LogP contribution in [0.3, 0.4) is 0 Å². The first-order valence-electron chi connectivity index (χ1n) is 11.2. The topological polar surface area (TPSA) is 95.9 Å². The number of carbonyl (C=O) groups is 2. The van der Waals surface area contributed by atoms with E-state index in [1.54, 1.807) is 18.2 Å². The highest BCUT2D eigenvalue weighted by atomic mass is 35.5. The van der Waals surface area contributed by atoms with Crippen LogP contribution in [0.2, 0.25) is 9.36 Å². The molecule has 1 unspecified atom stereocenters. The maximum Gasteiger partial charge on any atom is 0.273 e. The lowest BCUT2D eigenvalue weighted by atomic mass is 9.98. The monoisotopic (exact) mass is 563 g/mol. The van der Waals surface area contributed by atoms with E-state index in [0.717, 1.165) is 16.9 Å². The van der Waals surface area contributed by atoms with Gasteiger partial charge in [-0.2, -0.15) is 0 Å². The molecule has 0 bridgehead atoms. The van der Waals surface area contributed by atoms with E-state index in [1.165, 1.54) is 17.0 Å². The summed E-state index contributed by atoms with van der Waals surface area (Å²) in [5, 5.41) is 0.438. The molecule has 1 aliphatic rings. The predicted octanol–water partition coefficient (Wildman–Crippen LogP) is 5.16. The molecule has 11 heteroatoms. The molecule has 0 spiro atoms. The number of benzodiazepines with no additional fused rings is 1. The van der Waals surface area contributed by atoms with Gasteiger partial charge in [0.15, 0.2) is 0 Å². The van der Waals surface area contributed by atoms with Crippen LogP contribution in [-0.4, -0.2) is 38.5 Å². The first-order valence-corrected chi connectivity index (χ1v) is 14.2. The highest BCUT2D eigenvalue weighted by molar-refractivity contribution is 7.92. The van der Waals surface area contributed by atoms with Gasteiger partial charge in [-0.3, -0.25) is 14.6 Å². The Bertz CT molecular complexity index is 1440. The maximum atomic E-state index is 13.8. The zero-order chi connectivity index (χ0) is 26.0. The van der Waals surface area contributed by atoms with Crippen molar-refractivity contribution in [3.8, 4) is 0 Å². The summed E-state index contributed by atoms with van der Waals surface area (Å²) in [7, 11) is -4.14. The van der Waals surface area contributed by atoms with Gasteiger partial charge >= 0.3 is 0 Å². The van der Waals surface area contributed by atoms with E-state index in [9.17, 15) is 18.0 Å². The standard InChI is InChI=1S/C25H23Cl2N3O4S2/c1-3-15(2)23-25(32)30(14-21(31)29-36(33,34)22-12-11-20(27)35-22)19-10-9-17(26)13-18(19)24(28-23)16-7-5-4-6-8-16/h4-13,15,23H,3,14H2,1-2H3,(H,29,31)/t15-,23?/m0/s1. The van der Waals surface area contributed by atoms with Crippen LogP contribution in [-0.2, 0) is 19.6 Å². The largest absolute Gasteiger partial charge is 0.300 e. The van der Waals surface area contributed by atoms with Gasteiger partial charge in [0.05, 0.1) is 15.7 Å². The van der Waals surface area contributed by atoms with Crippen molar-refractivity contribution in [3.05, 3.63) is 81.1 Å². The van der Waals surface area contributed by atoms with Crippen molar-refractivity contribution in [1.82, 2.24) is 4.72 Å². The first kappa shape index (κ1) is 26.3. The Kier molecular flexibility index (Phi) is 7.85. The quantitative estimate of drug-likeness (QED) is 0.429. The molecule has 2 amide bonds. The third-order valence-corrected chi connectivity index (χ3v) is 9.22. The molecule has 1 N–H and O–H groups in total. The van der Waals surface area contributed by atoms with Gasteiger partial charge in [0, 0.05) is 16.1 Å². The van der Waals surface area contributed by atoms with Crippen molar-refractivity contribution >= 4 is 67.8 Å². The second-order valence-electron chi connectivity index (χ2n) is 8.35.